The highest BCUT2D eigenvalue weighted by Crippen LogP contribution is 2.29. The number of carbonyl (C=O) groups is 1. The van der Waals surface area contributed by atoms with Crippen LogP contribution in [0.1, 0.15) is 10.4 Å². The van der Waals surface area contributed by atoms with Gasteiger partial charge >= 0.3 is 6.18 Å². The van der Waals surface area contributed by atoms with Gasteiger partial charge in [-0.3, -0.25) is 9.36 Å². The normalized spacial score (nSPS) is 15.2. The fraction of sp³-hybridized carbons (Fsp3) is 0.389. The lowest BCUT2D eigenvalue weighted by molar-refractivity contribution is -0.141. The molecule has 0 unspecified atom stereocenters. The maximum absolute atomic E-state index is 13.1. The fourth-order valence-electron chi connectivity index (χ4n) is 3.21. The molecule has 1 aromatic carbocycles. The number of aromatic amines is 1. The molecule has 1 saturated heterocycles. The number of hydrogen-bond donors (Lipinski definition) is 1. The first-order valence-corrected chi connectivity index (χ1v) is 9.96. The summed E-state index contributed by atoms with van der Waals surface area (Å²) in [7, 11) is 0. The Hall–Kier alpha value is -2.53. The van der Waals surface area contributed by atoms with Crippen LogP contribution in [0.3, 0.4) is 0 Å². The van der Waals surface area contributed by atoms with Crippen molar-refractivity contribution in [3.05, 3.63) is 36.0 Å². The summed E-state index contributed by atoms with van der Waals surface area (Å²) >= 11 is 0.955. The van der Waals surface area contributed by atoms with Crippen molar-refractivity contribution in [1.82, 2.24) is 19.7 Å². The highest BCUT2D eigenvalue weighted by atomic mass is 32.2. The number of rotatable bonds is 6. The average molecular weight is 425 g/mol. The van der Waals surface area contributed by atoms with Crippen molar-refractivity contribution in [2.24, 2.45) is 0 Å². The minimum Gasteiger partial charge on any atom is -0.378 e. The monoisotopic (exact) mass is 425 g/mol. The predicted molar refractivity (Wildman–Crippen MR) is 102 cm³/mol. The van der Waals surface area contributed by atoms with Crippen LogP contribution in [-0.4, -0.2) is 63.8 Å². The number of Topliss-reactive ketones (excluding diaryl/α,β-unsaturated/α-hetero) is 1. The van der Waals surface area contributed by atoms with Gasteiger partial charge in [-0.15, -0.1) is 10.2 Å². The molecule has 0 spiro atoms. The van der Waals surface area contributed by atoms with E-state index < -0.39 is 12.7 Å². The number of ether oxygens (including phenoxy) is 1. The van der Waals surface area contributed by atoms with Crippen LogP contribution in [0, 0.1) is 0 Å². The number of para-hydroxylation sites is 1. The third-order valence-corrected chi connectivity index (χ3v) is 5.52. The number of anilines is 1. The van der Waals surface area contributed by atoms with E-state index >= 15 is 0 Å². The molecule has 11 heteroatoms. The van der Waals surface area contributed by atoms with Gasteiger partial charge in [0.15, 0.2) is 10.9 Å². The molecule has 1 aliphatic rings. The number of benzene rings is 1. The topological polar surface area (TPSA) is 76.0 Å². The summed E-state index contributed by atoms with van der Waals surface area (Å²) < 4.78 is 45.7. The Morgan fingerprint density at radius 2 is 1.97 bits per heavy atom. The number of thioether (sulfide) groups is 1. The molecule has 0 saturated carbocycles. The highest BCUT2D eigenvalue weighted by molar-refractivity contribution is 7.99. The summed E-state index contributed by atoms with van der Waals surface area (Å²) in [4.78, 5) is 17.4. The third-order valence-electron chi connectivity index (χ3n) is 4.55. The predicted octanol–water partition coefficient (Wildman–Crippen LogP) is 3.13. The lowest BCUT2D eigenvalue weighted by Gasteiger charge is -2.28. The van der Waals surface area contributed by atoms with E-state index in [0.717, 1.165) is 27.2 Å². The number of H-pyrrole nitrogens is 1. The highest BCUT2D eigenvalue weighted by Gasteiger charge is 2.33. The maximum Gasteiger partial charge on any atom is 0.406 e. The van der Waals surface area contributed by atoms with Crippen molar-refractivity contribution in [3.8, 4) is 0 Å². The molecule has 4 rings (SSSR count). The molecular weight excluding hydrogens is 407 g/mol. The molecular formula is C18H18F3N5O2S. The van der Waals surface area contributed by atoms with Crippen LogP contribution in [0.15, 0.2) is 35.6 Å². The van der Waals surface area contributed by atoms with Crippen LogP contribution in [-0.2, 0) is 11.3 Å². The van der Waals surface area contributed by atoms with Gasteiger partial charge in [0.1, 0.15) is 6.54 Å². The van der Waals surface area contributed by atoms with Crippen LogP contribution in [0.4, 0.5) is 19.1 Å². The van der Waals surface area contributed by atoms with Crippen LogP contribution in [0.2, 0.25) is 0 Å². The summed E-state index contributed by atoms with van der Waals surface area (Å²) in [5.41, 5.74) is 1.33. The first-order valence-electron chi connectivity index (χ1n) is 8.97. The van der Waals surface area contributed by atoms with E-state index in [-0.39, 0.29) is 22.6 Å². The van der Waals surface area contributed by atoms with Crippen molar-refractivity contribution >= 4 is 34.4 Å². The molecule has 154 valence electrons. The number of ketones is 1. The molecule has 29 heavy (non-hydrogen) atoms. The number of hydrogen-bond acceptors (Lipinski definition) is 6. The van der Waals surface area contributed by atoms with E-state index in [2.05, 4.69) is 15.2 Å². The van der Waals surface area contributed by atoms with Crippen LogP contribution in [0.25, 0.3) is 10.9 Å². The van der Waals surface area contributed by atoms with Gasteiger partial charge in [0.05, 0.1) is 19.0 Å². The molecule has 1 N–H and O–H groups in total. The van der Waals surface area contributed by atoms with E-state index in [1.807, 2.05) is 24.3 Å². The first-order chi connectivity index (χ1) is 13.9. The van der Waals surface area contributed by atoms with Crippen molar-refractivity contribution in [3.63, 3.8) is 0 Å². The summed E-state index contributed by atoms with van der Waals surface area (Å²) in [6.07, 6.45) is -2.81. The van der Waals surface area contributed by atoms with E-state index in [0.29, 0.717) is 31.9 Å². The zero-order valence-electron chi connectivity index (χ0n) is 15.3. The Balaban J connectivity index is 1.54. The Kier molecular flexibility index (Phi) is 5.50. The quantitative estimate of drug-likeness (QED) is 0.483. The lowest BCUT2D eigenvalue weighted by Crippen LogP contribution is -2.38. The fourth-order valence-corrected chi connectivity index (χ4v) is 4.03. The zero-order chi connectivity index (χ0) is 20.4. The van der Waals surface area contributed by atoms with Crippen molar-refractivity contribution in [2.75, 3.05) is 37.0 Å². The average Bonchev–Trinajstić information content (AvgIpc) is 3.30. The second-order valence-electron chi connectivity index (χ2n) is 6.54. The van der Waals surface area contributed by atoms with Gasteiger partial charge in [0, 0.05) is 35.8 Å². The maximum atomic E-state index is 13.1. The molecule has 0 atom stereocenters. The Morgan fingerprint density at radius 1 is 1.21 bits per heavy atom. The number of halogens is 3. The van der Waals surface area contributed by atoms with Gasteiger partial charge in [-0.05, 0) is 6.07 Å². The number of nitrogens with one attached hydrogen (secondary N) is 1. The van der Waals surface area contributed by atoms with Crippen molar-refractivity contribution in [1.29, 1.82) is 0 Å². The van der Waals surface area contributed by atoms with E-state index in [1.165, 1.54) is 0 Å². The second kappa shape index (κ2) is 8.07. The SMILES string of the molecule is O=C(CSc1nnc(N2CCOCC2)n1CC(F)(F)F)c1c[nH]c2ccccc12. The van der Waals surface area contributed by atoms with E-state index in [4.69, 9.17) is 4.74 Å². The molecule has 1 fully saturated rings. The molecule has 2 aromatic heterocycles. The molecule has 0 amide bonds. The van der Waals surface area contributed by atoms with Gasteiger partial charge in [0.25, 0.3) is 0 Å². The van der Waals surface area contributed by atoms with Crippen molar-refractivity contribution < 1.29 is 22.7 Å². The zero-order valence-corrected chi connectivity index (χ0v) is 16.1. The minimum atomic E-state index is -4.43. The lowest BCUT2D eigenvalue weighted by atomic mass is 10.1. The van der Waals surface area contributed by atoms with E-state index in [9.17, 15) is 18.0 Å². The van der Waals surface area contributed by atoms with Gasteiger partial charge in [0.2, 0.25) is 5.95 Å². The Labute approximate surface area is 168 Å². The van der Waals surface area contributed by atoms with Crippen LogP contribution >= 0.6 is 11.8 Å². The third kappa shape index (κ3) is 4.40. The molecule has 7 nitrogen and oxygen atoms in total. The standard InChI is InChI=1S/C18H18F3N5O2S/c19-18(20,21)11-26-16(25-5-7-28-8-6-25)23-24-17(26)29-10-15(27)13-9-22-14-4-2-1-3-12(13)14/h1-4,9,22H,5-8,10-11H2. The number of alkyl halides is 3. The Morgan fingerprint density at radius 3 is 2.72 bits per heavy atom. The van der Waals surface area contributed by atoms with Gasteiger partial charge in [-0.1, -0.05) is 30.0 Å². The molecule has 3 aromatic rings. The summed E-state index contributed by atoms with van der Waals surface area (Å²) in [5, 5.41) is 8.73. The van der Waals surface area contributed by atoms with E-state index in [1.54, 1.807) is 11.1 Å². The van der Waals surface area contributed by atoms with Gasteiger partial charge in [-0.25, -0.2) is 0 Å². The first kappa shape index (κ1) is 19.8. The largest absolute Gasteiger partial charge is 0.406 e. The van der Waals surface area contributed by atoms with Gasteiger partial charge < -0.3 is 14.6 Å². The molecule has 0 aliphatic carbocycles. The molecule has 0 bridgehead atoms. The Bertz CT molecular complexity index is 1010. The molecule has 0 radical (unpaired) electrons. The molecule has 3 heterocycles. The minimum absolute atomic E-state index is 0.0407. The summed E-state index contributed by atoms with van der Waals surface area (Å²) in [6, 6.07) is 7.36. The number of fused-ring (bicyclic) bond motifs is 1. The summed E-state index contributed by atoms with van der Waals surface area (Å²) in [5.74, 6) is -0.0874. The van der Waals surface area contributed by atoms with Crippen LogP contribution < -0.4 is 4.90 Å². The van der Waals surface area contributed by atoms with Crippen LogP contribution in [0.5, 0.6) is 0 Å². The van der Waals surface area contributed by atoms with Crippen molar-refractivity contribution in [2.45, 2.75) is 17.9 Å². The second-order valence-corrected chi connectivity index (χ2v) is 7.49. The summed E-state index contributed by atoms with van der Waals surface area (Å²) in [6.45, 7) is 0.501. The number of nitrogens with zero attached hydrogens (tertiary/aromatic N) is 4. The molecule has 1 aliphatic heterocycles. The van der Waals surface area contributed by atoms with Gasteiger partial charge in [-0.2, -0.15) is 13.2 Å². The number of carbonyl (C=O) groups excluding carboxylic acids is 1. The number of morpholine rings is 1. The smallest absolute Gasteiger partial charge is 0.378 e. The number of aromatic nitrogens is 4.